The average molecular weight is 295 g/mol. The van der Waals surface area contributed by atoms with Gasteiger partial charge in [0.15, 0.2) is 0 Å². The van der Waals surface area contributed by atoms with Crippen LogP contribution in [-0.4, -0.2) is 18.2 Å². The molecule has 0 aromatic heterocycles. The number of hydrogen-bond donors (Lipinski definition) is 2. The van der Waals surface area contributed by atoms with Crippen molar-refractivity contribution in [1.82, 2.24) is 5.32 Å². The van der Waals surface area contributed by atoms with Crippen molar-refractivity contribution in [1.29, 1.82) is 0 Å². The van der Waals surface area contributed by atoms with E-state index in [0.717, 1.165) is 6.07 Å². The Morgan fingerprint density at radius 1 is 1.00 bits per heavy atom. The summed E-state index contributed by atoms with van der Waals surface area (Å²) in [5.74, 6) is -1.69. The van der Waals surface area contributed by atoms with E-state index >= 15 is 0 Å². The highest BCUT2D eigenvalue weighted by Gasteiger charge is 2.11. The molecule has 2 rings (SSSR count). The van der Waals surface area contributed by atoms with Gasteiger partial charge in [0, 0.05) is 18.2 Å². The number of rotatable bonds is 6. The highest BCUT2D eigenvalue weighted by molar-refractivity contribution is 5.20. The van der Waals surface area contributed by atoms with E-state index in [-0.39, 0.29) is 12.1 Å². The minimum Gasteiger partial charge on any atom is -0.387 e. The molecule has 2 aromatic carbocycles. The first kappa shape index (κ1) is 15.5. The normalized spacial score (nSPS) is 12.4. The third-order valence-corrected chi connectivity index (χ3v) is 3.11. The molecule has 0 amide bonds. The Hall–Kier alpha value is -1.85. The van der Waals surface area contributed by atoms with Gasteiger partial charge in [0.1, 0.15) is 17.5 Å². The number of halogens is 3. The average Bonchev–Trinajstić information content (AvgIpc) is 2.43. The van der Waals surface area contributed by atoms with Crippen LogP contribution < -0.4 is 5.32 Å². The summed E-state index contributed by atoms with van der Waals surface area (Å²) in [6.45, 7) is 0.590. The molecule has 1 atom stereocenters. The minimum atomic E-state index is -0.963. The van der Waals surface area contributed by atoms with Crippen LogP contribution in [0.2, 0.25) is 0 Å². The van der Waals surface area contributed by atoms with Crippen molar-refractivity contribution in [3.8, 4) is 0 Å². The number of aliphatic hydroxyl groups excluding tert-OH is 1. The number of hydrogen-bond acceptors (Lipinski definition) is 2. The van der Waals surface area contributed by atoms with Gasteiger partial charge in [-0.1, -0.05) is 18.2 Å². The predicted molar refractivity (Wildman–Crippen MR) is 74.3 cm³/mol. The minimum absolute atomic E-state index is 0.165. The van der Waals surface area contributed by atoms with Crippen LogP contribution in [0.4, 0.5) is 13.2 Å². The van der Waals surface area contributed by atoms with Gasteiger partial charge in [-0.05, 0) is 36.7 Å². The Labute approximate surface area is 121 Å². The molecular weight excluding hydrogens is 279 g/mol. The zero-order chi connectivity index (χ0) is 15.2. The smallest absolute Gasteiger partial charge is 0.129 e. The summed E-state index contributed by atoms with van der Waals surface area (Å²) >= 11 is 0. The lowest BCUT2D eigenvalue weighted by Crippen LogP contribution is -2.24. The number of benzene rings is 2. The molecule has 21 heavy (non-hydrogen) atoms. The van der Waals surface area contributed by atoms with Gasteiger partial charge < -0.3 is 10.4 Å². The molecule has 2 aromatic rings. The zero-order valence-corrected chi connectivity index (χ0v) is 11.3. The van der Waals surface area contributed by atoms with E-state index in [9.17, 15) is 18.3 Å². The first-order chi connectivity index (χ1) is 10.1. The molecular formula is C16H16F3NO. The fraction of sp³-hybridized carbons (Fsp3) is 0.250. The molecule has 0 fully saturated rings. The third kappa shape index (κ3) is 4.58. The maximum Gasteiger partial charge on any atom is 0.129 e. The van der Waals surface area contributed by atoms with E-state index in [2.05, 4.69) is 5.32 Å². The van der Waals surface area contributed by atoms with Crippen molar-refractivity contribution in [2.24, 2.45) is 0 Å². The lowest BCUT2D eigenvalue weighted by atomic mass is 10.1. The second-order valence-corrected chi connectivity index (χ2v) is 4.77. The molecule has 2 N–H and O–H groups in total. The summed E-state index contributed by atoms with van der Waals surface area (Å²) in [4.78, 5) is 0. The van der Waals surface area contributed by atoms with Gasteiger partial charge in [-0.2, -0.15) is 0 Å². The second kappa shape index (κ2) is 7.24. The zero-order valence-electron chi connectivity index (χ0n) is 11.3. The molecule has 112 valence electrons. The van der Waals surface area contributed by atoms with Gasteiger partial charge >= 0.3 is 0 Å². The molecule has 1 unspecified atom stereocenters. The van der Waals surface area contributed by atoms with E-state index in [1.165, 1.54) is 24.3 Å². The monoisotopic (exact) mass is 295 g/mol. The van der Waals surface area contributed by atoms with Crippen LogP contribution in [-0.2, 0) is 6.42 Å². The summed E-state index contributed by atoms with van der Waals surface area (Å²) in [5, 5.41) is 12.8. The van der Waals surface area contributed by atoms with Gasteiger partial charge in [0.05, 0.1) is 6.10 Å². The predicted octanol–water partition coefficient (Wildman–Crippen LogP) is 2.97. The lowest BCUT2D eigenvalue weighted by Gasteiger charge is -2.13. The molecule has 0 aliphatic rings. The van der Waals surface area contributed by atoms with E-state index in [1.807, 2.05) is 0 Å². The third-order valence-electron chi connectivity index (χ3n) is 3.11. The van der Waals surface area contributed by atoms with Gasteiger partial charge in [-0.3, -0.25) is 0 Å². The molecule has 5 heteroatoms. The van der Waals surface area contributed by atoms with E-state index in [0.29, 0.717) is 18.5 Å². The summed E-state index contributed by atoms with van der Waals surface area (Å²) < 4.78 is 39.4. The number of aliphatic hydroxyl groups is 1. The van der Waals surface area contributed by atoms with Crippen LogP contribution in [0.1, 0.15) is 17.2 Å². The topological polar surface area (TPSA) is 32.3 Å². The molecule has 0 saturated heterocycles. The Balaban J connectivity index is 1.81. The Bertz CT molecular complexity index is 584. The van der Waals surface area contributed by atoms with Gasteiger partial charge in [-0.15, -0.1) is 0 Å². The Kier molecular flexibility index (Phi) is 5.36. The molecule has 0 saturated carbocycles. The van der Waals surface area contributed by atoms with Crippen molar-refractivity contribution in [3.63, 3.8) is 0 Å². The SMILES string of the molecule is OC(CNCCc1cc(F)cc(F)c1)c1ccccc1F. The number of nitrogens with one attached hydrogen (secondary N) is 1. The molecule has 0 spiro atoms. The van der Waals surface area contributed by atoms with Crippen molar-refractivity contribution < 1.29 is 18.3 Å². The largest absolute Gasteiger partial charge is 0.387 e. The van der Waals surface area contributed by atoms with Crippen LogP contribution in [0.15, 0.2) is 42.5 Å². The Morgan fingerprint density at radius 3 is 2.33 bits per heavy atom. The van der Waals surface area contributed by atoms with Crippen molar-refractivity contribution >= 4 is 0 Å². The maximum atomic E-state index is 13.4. The highest BCUT2D eigenvalue weighted by Crippen LogP contribution is 2.15. The van der Waals surface area contributed by atoms with Crippen LogP contribution in [0.25, 0.3) is 0 Å². The molecule has 0 aliphatic carbocycles. The maximum absolute atomic E-state index is 13.4. The first-order valence-corrected chi connectivity index (χ1v) is 6.64. The van der Waals surface area contributed by atoms with E-state index in [4.69, 9.17) is 0 Å². The van der Waals surface area contributed by atoms with E-state index < -0.39 is 23.6 Å². The standard InChI is InChI=1S/C16H16F3NO/c17-12-7-11(8-13(18)9-12)5-6-20-10-16(21)14-3-1-2-4-15(14)19/h1-4,7-9,16,20-21H,5-6,10H2. The second-order valence-electron chi connectivity index (χ2n) is 4.77. The lowest BCUT2D eigenvalue weighted by molar-refractivity contribution is 0.170. The Morgan fingerprint density at radius 2 is 1.67 bits per heavy atom. The van der Waals surface area contributed by atoms with Crippen LogP contribution in [0, 0.1) is 17.5 Å². The fourth-order valence-electron chi connectivity index (χ4n) is 2.08. The molecule has 0 aliphatic heterocycles. The van der Waals surface area contributed by atoms with Crippen LogP contribution in [0.5, 0.6) is 0 Å². The van der Waals surface area contributed by atoms with Crippen molar-refractivity contribution in [2.45, 2.75) is 12.5 Å². The highest BCUT2D eigenvalue weighted by atomic mass is 19.1. The molecule has 0 bridgehead atoms. The summed E-state index contributed by atoms with van der Waals surface area (Å²) in [5.41, 5.74) is 0.752. The van der Waals surface area contributed by atoms with Gasteiger partial charge in [0.2, 0.25) is 0 Å². The molecule has 2 nitrogen and oxygen atoms in total. The summed E-state index contributed by atoms with van der Waals surface area (Å²) in [7, 11) is 0. The molecule has 0 radical (unpaired) electrons. The quantitative estimate of drug-likeness (QED) is 0.803. The van der Waals surface area contributed by atoms with E-state index in [1.54, 1.807) is 12.1 Å². The van der Waals surface area contributed by atoms with Gasteiger partial charge in [-0.25, -0.2) is 13.2 Å². The summed E-state index contributed by atoms with van der Waals surface area (Å²) in [6, 6.07) is 9.35. The molecule has 0 heterocycles. The first-order valence-electron chi connectivity index (χ1n) is 6.64. The summed E-state index contributed by atoms with van der Waals surface area (Å²) in [6.07, 6.45) is -0.547. The fourth-order valence-corrected chi connectivity index (χ4v) is 2.08. The van der Waals surface area contributed by atoms with Crippen LogP contribution >= 0.6 is 0 Å². The van der Waals surface area contributed by atoms with Crippen LogP contribution in [0.3, 0.4) is 0 Å². The van der Waals surface area contributed by atoms with Crippen molar-refractivity contribution in [2.75, 3.05) is 13.1 Å². The van der Waals surface area contributed by atoms with Crippen molar-refractivity contribution in [3.05, 3.63) is 71.0 Å². The van der Waals surface area contributed by atoms with Gasteiger partial charge in [0.25, 0.3) is 0 Å².